The number of rotatable bonds is 2. The fourth-order valence-electron chi connectivity index (χ4n) is 1.39. The number of pyridine rings is 1. The highest BCUT2D eigenvalue weighted by molar-refractivity contribution is 6.07. The zero-order chi connectivity index (χ0) is 12.3. The maximum absolute atomic E-state index is 11.8. The van der Waals surface area contributed by atoms with Gasteiger partial charge in [-0.25, -0.2) is 0 Å². The van der Waals surface area contributed by atoms with Gasteiger partial charge in [0.2, 0.25) is 0 Å². The molecule has 0 radical (unpaired) electrons. The van der Waals surface area contributed by atoms with Crippen LogP contribution in [0.5, 0.6) is 11.5 Å². The molecule has 2 aromatic rings. The number of hydrogen-bond donors (Lipinski definition) is 3. The summed E-state index contributed by atoms with van der Waals surface area (Å²) in [6, 6.07) is 7.33. The molecule has 1 aromatic heterocycles. The average molecular weight is 230 g/mol. The molecule has 1 heterocycles. The minimum Gasteiger partial charge on any atom is -0.507 e. The van der Waals surface area contributed by atoms with Crippen molar-refractivity contribution >= 4 is 11.6 Å². The maximum atomic E-state index is 11.8. The monoisotopic (exact) mass is 230 g/mol. The van der Waals surface area contributed by atoms with Gasteiger partial charge in [0.25, 0.3) is 5.91 Å². The van der Waals surface area contributed by atoms with Crippen LogP contribution in [0.15, 0.2) is 42.7 Å². The number of anilines is 1. The zero-order valence-corrected chi connectivity index (χ0v) is 8.79. The molecule has 5 heteroatoms. The summed E-state index contributed by atoms with van der Waals surface area (Å²) < 4.78 is 0. The van der Waals surface area contributed by atoms with Gasteiger partial charge in [0, 0.05) is 18.1 Å². The van der Waals surface area contributed by atoms with Crippen LogP contribution in [-0.2, 0) is 0 Å². The smallest absolute Gasteiger partial charge is 0.263 e. The number of hydrogen-bond acceptors (Lipinski definition) is 4. The molecular formula is C12H10N2O3. The van der Waals surface area contributed by atoms with Crippen LogP contribution in [0, 0.1) is 0 Å². The van der Waals surface area contributed by atoms with E-state index < -0.39 is 5.91 Å². The summed E-state index contributed by atoms with van der Waals surface area (Å²) >= 11 is 0. The Kier molecular flexibility index (Phi) is 2.91. The standard InChI is InChI=1S/C12H10N2O3/c15-9-2-1-3-10(16)11(9)12(17)14-8-4-6-13-7-5-8/h1-7,15-16H,(H,13,14,17). The highest BCUT2D eigenvalue weighted by Crippen LogP contribution is 2.26. The predicted octanol–water partition coefficient (Wildman–Crippen LogP) is 1.75. The molecule has 0 saturated heterocycles. The summed E-state index contributed by atoms with van der Waals surface area (Å²) in [5.74, 6) is -1.11. The van der Waals surface area contributed by atoms with Crippen molar-refractivity contribution < 1.29 is 15.0 Å². The second kappa shape index (κ2) is 4.52. The molecule has 1 aromatic carbocycles. The van der Waals surface area contributed by atoms with Gasteiger partial charge in [-0.05, 0) is 24.3 Å². The van der Waals surface area contributed by atoms with E-state index in [-0.39, 0.29) is 17.1 Å². The Bertz CT molecular complexity index is 520. The molecule has 0 atom stereocenters. The van der Waals surface area contributed by atoms with Crippen molar-refractivity contribution in [1.82, 2.24) is 4.98 Å². The van der Waals surface area contributed by atoms with Gasteiger partial charge in [-0.2, -0.15) is 0 Å². The lowest BCUT2D eigenvalue weighted by molar-refractivity contribution is 0.102. The van der Waals surface area contributed by atoms with E-state index >= 15 is 0 Å². The lowest BCUT2D eigenvalue weighted by Crippen LogP contribution is -2.12. The number of nitrogens with one attached hydrogen (secondary N) is 1. The van der Waals surface area contributed by atoms with Gasteiger partial charge in [0.1, 0.15) is 17.1 Å². The first kappa shape index (κ1) is 10.9. The molecule has 0 aliphatic carbocycles. The number of phenolic OH excluding ortho intramolecular Hbond substituents is 2. The largest absolute Gasteiger partial charge is 0.507 e. The Hall–Kier alpha value is -2.56. The molecule has 0 unspecified atom stereocenters. The van der Waals surface area contributed by atoms with Crippen LogP contribution in [0.3, 0.4) is 0 Å². The lowest BCUT2D eigenvalue weighted by atomic mass is 10.1. The van der Waals surface area contributed by atoms with Crippen LogP contribution >= 0.6 is 0 Å². The lowest BCUT2D eigenvalue weighted by Gasteiger charge is -2.07. The van der Waals surface area contributed by atoms with Crippen LogP contribution < -0.4 is 5.32 Å². The Balaban J connectivity index is 2.27. The molecule has 0 spiro atoms. The third kappa shape index (κ3) is 2.34. The summed E-state index contributed by atoms with van der Waals surface area (Å²) in [6.07, 6.45) is 3.06. The van der Waals surface area contributed by atoms with Crippen molar-refractivity contribution in [1.29, 1.82) is 0 Å². The number of aromatic hydroxyl groups is 2. The molecule has 2 rings (SSSR count). The van der Waals surface area contributed by atoms with E-state index in [0.29, 0.717) is 5.69 Å². The van der Waals surface area contributed by atoms with Gasteiger partial charge in [-0.1, -0.05) is 6.07 Å². The highest BCUT2D eigenvalue weighted by Gasteiger charge is 2.15. The van der Waals surface area contributed by atoms with E-state index in [1.807, 2.05) is 0 Å². The van der Waals surface area contributed by atoms with E-state index in [4.69, 9.17) is 0 Å². The molecule has 86 valence electrons. The normalized spacial score (nSPS) is 9.88. The summed E-state index contributed by atoms with van der Waals surface area (Å²) in [4.78, 5) is 15.6. The SMILES string of the molecule is O=C(Nc1ccncc1)c1c(O)cccc1O. The zero-order valence-electron chi connectivity index (χ0n) is 8.79. The Morgan fingerprint density at radius 2 is 1.65 bits per heavy atom. The topological polar surface area (TPSA) is 82.5 Å². The van der Waals surface area contributed by atoms with Crippen LogP contribution in [0.1, 0.15) is 10.4 Å². The van der Waals surface area contributed by atoms with E-state index in [1.165, 1.54) is 30.6 Å². The summed E-state index contributed by atoms with van der Waals surface area (Å²) in [6.45, 7) is 0. The van der Waals surface area contributed by atoms with Crippen molar-refractivity contribution in [3.8, 4) is 11.5 Å². The maximum Gasteiger partial charge on any atom is 0.263 e. The number of carbonyl (C=O) groups excluding carboxylic acids is 1. The molecule has 17 heavy (non-hydrogen) atoms. The molecule has 0 saturated carbocycles. The molecule has 0 aliphatic heterocycles. The van der Waals surface area contributed by atoms with E-state index in [0.717, 1.165) is 0 Å². The fourth-order valence-corrected chi connectivity index (χ4v) is 1.39. The molecule has 5 nitrogen and oxygen atoms in total. The van der Waals surface area contributed by atoms with Crippen molar-refractivity contribution in [3.05, 3.63) is 48.3 Å². The van der Waals surface area contributed by atoms with Crippen molar-refractivity contribution in [2.75, 3.05) is 5.32 Å². The van der Waals surface area contributed by atoms with Gasteiger partial charge < -0.3 is 15.5 Å². The second-order valence-corrected chi connectivity index (χ2v) is 3.36. The van der Waals surface area contributed by atoms with Gasteiger partial charge in [-0.3, -0.25) is 9.78 Å². The van der Waals surface area contributed by atoms with E-state index in [9.17, 15) is 15.0 Å². The fraction of sp³-hybridized carbons (Fsp3) is 0. The third-order valence-electron chi connectivity index (χ3n) is 2.19. The average Bonchev–Trinajstić information content (AvgIpc) is 2.30. The Morgan fingerprint density at radius 1 is 1.06 bits per heavy atom. The summed E-state index contributed by atoms with van der Waals surface area (Å²) in [7, 11) is 0. The first-order valence-corrected chi connectivity index (χ1v) is 4.91. The Morgan fingerprint density at radius 3 is 2.24 bits per heavy atom. The molecular weight excluding hydrogens is 220 g/mol. The number of carbonyl (C=O) groups is 1. The first-order valence-electron chi connectivity index (χ1n) is 4.91. The van der Waals surface area contributed by atoms with E-state index in [2.05, 4.69) is 10.3 Å². The molecule has 1 amide bonds. The van der Waals surface area contributed by atoms with Gasteiger partial charge in [0.05, 0.1) is 0 Å². The van der Waals surface area contributed by atoms with Crippen LogP contribution in [0.25, 0.3) is 0 Å². The molecule has 0 fully saturated rings. The van der Waals surface area contributed by atoms with Gasteiger partial charge in [-0.15, -0.1) is 0 Å². The Labute approximate surface area is 97.4 Å². The van der Waals surface area contributed by atoms with Crippen LogP contribution in [-0.4, -0.2) is 21.1 Å². The number of nitrogens with zero attached hydrogens (tertiary/aromatic N) is 1. The van der Waals surface area contributed by atoms with Crippen LogP contribution in [0.2, 0.25) is 0 Å². The van der Waals surface area contributed by atoms with E-state index in [1.54, 1.807) is 12.1 Å². The van der Waals surface area contributed by atoms with Crippen molar-refractivity contribution in [2.24, 2.45) is 0 Å². The summed E-state index contributed by atoms with van der Waals surface area (Å²) in [5.41, 5.74) is 0.386. The van der Waals surface area contributed by atoms with Crippen LogP contribution in [0.4, 0.5) is 5.69 Å². The number of amides is 1. The van der Waals surface area contributed by atoms with Gasteiger partial charge >= 0.3 is 0 Å². The van der Waals surface area contributed by atoms with Gasteiger partial charge in [0.15, 0.2) is 0 Å². The minimum atomic E-state index is -0.577. The minimum absolute atomic E-state index is 0.149. The first-order chi connectivity index (χ1) is 8.18. The number of phenols is 2. The third-order valence-corrected chi connectivity index (χ3v) is 2.19. The summed E-state index contributed by atoms with van der Waals surface area (Å²) in [5, 5.41) is 21.6. The highest BCUT2D eigenvalue weighted by atomic mass is 16.3. The van der Waals surface area contributed by atoms with Crippen molar-refractivity contribution in [2.45, 2.75) is 0 Å². The number of aromatic nitrogens is 1. The second-order valence-electron chi connectivity index (χ2n) is 3.36. The molecule has 0 aliphatic rings. The quantitative estimate of drug-likeness (QED) is 0.733. The number of benzene rings is 1. The molecule has 3 N–H and O–H groups in total. The predicted molar refractivity (Wildman–Crippen MR) is 62.0 cm³/mol. The molecule has 0 bridgehead atoms. The van der Waals surface area contributed by atoms with Crippen molar-refractivity contribution in [3.63, 3.8) is 0 Å².